The van der Waals surface area contributed by atoms with Gasteiger partial charge in [-0.2, -0.15) is 0 Å². The summed E-state index contributed by atoms with van der Waals surface area (Å²) < 4.78 is 32.7. The first-order valence-electron chi connectivity index (χ1n) is 13.5. The summed E-state index contributed by atoms with van der Waals surface area (Å²) in [6.45, 7) is 1.31. The summed E-state index contributed by atoms with van der Waals surface area (Å²) in [5, 5.41) is 9.98. The Kier molecular flexibility index (Phi) is 6.84. The molecule has 2 N–H and O–H groups in total. The van der Waals surface area contributed by atoms with Crippen molar-refractivity contribution in [3.8, 4) is 11.3 Å². The summed E-state index contributed by atoms with van der Waals surface area (Å²) in [7, 11) is 0. The van der Waals surface area contributed by atoms with E-state index in [9.17, 15) is 18.4 Å². The quantitative estimate of drug-likeness (QED) is 0.475. The number of likely N-dealkylation sites (tertiary alicyclic amines) is 1. The average Bonchev–Trinajstić information content (AvgIpc) is 3.31. The number of aromatic nitrogens is 3. The molecule has 1 saturated heterocycles. The largest absolute Gasteiger partial charge is 0.355 e. The van der Waals surface area contributed by atoms with Crippen molar-refractivity contribution in [2.75, 3.05) is 13.1 Å². The van der Waals surface area contributed by atoms with Gasteiger partial charge in [0, 0.05) is 49.7 Å². The lowest BCUT2D eigenvalue weighted by Gasteiger charge is -2.41. The SMILES string of the molecule is O=C(N[C@H]1CCN(C2CCCC2)C[C@@H]1C(=O)NC1(c2ncccn2)CC1)c1cc(-c2ccc(F)cc2F)on1. The first kappa shape index (κ1) is 25.5. The molecule has 2 atom stereocenters. The highest BCUT2D eigenvalue weighted by Gasteiger charge is 2.50. The molecule has 0 bridgehead atoms. The number of carbonyl (C=O) groups is 2. The second-order valence-electron chi connectivity index (χ2n) is 10.8. The van der Waals surface area contributed by atoms with E-state index in [2.05, 4.69) is 30.7 Å². The lowest BCUT2D eigenvalue weighted by molar-refractivity contribution is -0.129. The molecule has 3 fully saturated rings. The van der Waals surface area contributed by atoms with Crippen LogP contribution in [-0.2, 0) is 10.3 Å². The van der Waals surface area contributed by atoms with Crippen LogP contribution >= 0.6 is 0 Å². The van der Waals surface area contributed by atoms with E-state index in [1.165, 1.54) is 25.0 Å². The molecule has 3 heterocycles. The van der Waals surface area contributed by atoms with Crippen LogP contribution in [0.15, 0.2) is 47.2 Å². The molecule has 11 heteroatoms. The van der Waals surface area contributed by atoms with E-state index < -0.39 is 35.0 Å². The lowest BCUT2D eigenvalue weighted by Crippen LogP contribution is -2.58. The number of rotatable bonds is 7. The molecule has 0 spiro atoms. The van der Waals surface area contributed by atoms with Crippen molar-refractivity contribution in [1.82, 2.24) is 30.7 Å². The monoisotopic (exact) mass is 536 g/mol. The predicted octanol–water partition coefficient (Wildman–Crippen LogP) is 3.58. The van der Waals surface area contributed by atoms with Crippen LogP contribution in [-0.4, -0.2) is 57.0 Å². The van der Waals surface area contributed by atoms with Gasteiger partial charge >= 0.3 is 0 Å². The third-order valence-corrected chi connectivity index (χ3v) is 8.18. The maximum atomic E-state index is 14.2. The highest BCUT2D eigenvalue weighted by Crippen LogP contribution is 2.44. The number of hydrogen-bond acceptors (Lipinski definition) is 7. The number of hydrogen-bond donors (Lipinski definition) is 2. The molecule has 1 aliphatic heterocycles. The van der Waals surface area contributed by atoms with Crippen LogP contribution in [0.2, 0.25) is 0 Å². The fourth-order valence-electron chi connectivity index (χ4n) is 5.86. The molecule has 2 saturated carbocycles. The van der Waals surface area contributed by atoms with E-state index in [0.717, 1.165) is 44.4 Å². The molecule has 0 radical (unpaired) electrons. The molecular weight excluding hydrogens is 506 g/mol. The van der Waals surface area contributed by atoms with Gasteiger partial charge in [0.25, 0.3) is 5.91 Å². The van der Waals surface area contributed by atoms with Crippen LogP contribution in [0.5, 0.6) is 0 Å². The van der Waals surface area contributed by atoms with Gasteiger partial charge in [-0.1, -0.05) is 18.0 Å². The second kappa shape index (κ2) is 10.4. The van der Waals surface area contributed by atoms with Crippen LogP contribution < -0.4 is 10.6 Å². The minimum Gasteiger partial charge on any atom is -0.355 e. The van der Waals surface area contributed by atoms with Gasteiger partial charge in [-0.15, -0.1) is 0 Å². The van der Waals surface area contributed by atoms with Crippen LogP contribution in [0.25, 0.3) is 11.3 Å². The van der Waals surface area contributed by atoms with Gasteiger partial charge < -0.3 is 15.2 Å². The van der Waals surface area contributed by atoms with Crippen molar-refractivity contribution in [1.29, 1.82) is 0 Å². The summed E-state index contributed by atoms with van der Waals surface area (Å²) in [6.07, 6.45) is 10.1. The molecule has 3 aromatic rings. The molecule has 2 aliphatic carbocycles. The van der Waals surface area contributed by atoms with Crippen LogP contribution in [0.3, 0.4) is 0 Å². The Bertz CT molecular complexity index is 1360. The van der Waals surface area contributed by atoms with Gasteiger partial charge in [-0.05, 0) is 50.3 Å². The maximum Gasteiger partial charge on any atom is 0.273 e. The number of nitrogens with zero attached hydrogens (tertiary/aromatic N) is 4. The smallest absolute Gasteiger partial charge is 0.273 e. The Morgan fingerprint density at radius 1 is 1.05 bits per heavy atom. The summed E-state index contributed by atoms with van der Waals surface area (Å²) >= 11 is 0. The Labute approximate surface area is 224 Å². The Morgan fingerprint density at radius 2 is 1.82 bits per heavy atom. The first-order valence-corrected chi connectivity index (χ1v) is 13.5. The van der Waals surface area contributed by atoms with Gasteiger partial charge in [0.2, 0.25) is 5.91 Å². The predicted molar refractivity (Wildman–Crippen MR) is 136 cm³/mol. The molecule has 204 valence electrons. The molecule has 9 nitrogen and oxygen atoms in total. The van der Waals surface area contributed by atoms with Gasteiger partial charge in [0.15, 0.2) is 17.3 Å². The van der Waals surface area contributed by atoms with Crippen molar-refractivity contribution in [2.45, 2.75) is 62.6 Å². The third kappa shape index (κ3) is 5.27. The van der Waals surface area contributed by atoms with E-state index in [1.54, 1.807) is 18.5 Å². The average molecular weight is 537 g/mol. The van der Waals surface area contributed by atoms with E-state index in [4.69, 9.17) is 4.52 Å². The molecular formula is C28H30F2N6O3. The zero-order valence-electron chi connectivity index (χ0n) is 21.4. The molecule has 2 amide bonds. The van der Waals surface area contributed by atoms with Gasteiger partial charge in [-0.3, -0.25) is 14.5 Å². The highest BCUT2D eigenvalue weighted by atomic mass is 19.1. The summed E-state index contributed by atoms with van der Waals surface area (Å²) in [5.74, 6) is -2.05. The number of halogens is 2. The second-order valence-corrected chi connectivity index (χ2v) is 10.8. The number of piperidine rings is 1. The molecule has 1 aromatic carbocycles. The fourth-order valence-corrected chi connectivity index (χ4v) is 5.86. The molecule has 0 unspecified atom stereocenters. The number of carbonyl (C=O) groups excluding carboxylic acids is 2. The molecule has 3 aliphatic rings. The molecule has 6 rings (SSSR count). The zero-order valence-corrected chi connectivity index (χ0v) is 21.4. The van der Waals surface area contributed by atoms with Crippen LogP contribution in [0.1, 0.15) is 61.3 Å². The minimum atomic E-state index is -0.814. The Hall–Kier alpha value is -3.73. The zero-order chi connectivity index (χ0) is 27.0. The Morgan fingerprint density at radius 3 is 2.54 bits per heavy atom. The summed E-state index contributed by atoms with van der Waals surface area (Å²) in [4.78, 5) is 38.0. The van der Waals surface area contributed by atoms with Gasteiger partial charge in [0.05, 0.1) is 17.0 Å². The van der Waals surface area contributed by atoms with Crippen molar-refractivity contribution in [3.63, 3.8) is 0 Å². The molecule has 2 aromatic heterocycles. The van der Waals surface area contributed by atoms with Crippen molar-refractivity contribution >= 4 is 11.8 Å². The van der Waals surface area contributed by atoms with E-state index >= 15 is 0 Å². The van der Waals surface area contributed by atoms with Crippen molar-refractivity contribution in [2.24, 2.45) is 5.92 Å². The van der Waals surface area contributed by atoms with E-state index in [-0.39, 0.29) is 22.9 Å². The van der Waals surface area contributed by atoms with Crippen LogP contribution in [0.4, 0.5) is 8.78 Å². The normalized spacial score (nSPS) is 22.9. The Balaban J connectivity index is 1.19. The van der Waals surface area contributed by atoms with E-state index in [0.29, 0.717) is 24.8 Å². The molecule has 39 heavy (non-hydrogen) atoms. The van der Waals surface area contributed by atoms with Gasteiger partial charge in [-0.25, -0.2) is 18.7 Å². The number of amides is 2. The van der Waals surface area contributed by atoms with E-state index in [1.807, 2.05) is 0 Å². The summed E-state index contributed by atoms with van der Waals surface area (Å²) in [5.41, 5.74) is -0.603. The minimum absolute atomic E-state index is 0.00272. The number of nitrogens with one attached hydrogen (secondary N) is 2. The van der Waals surface area contributed by atoms with Crippen molar-refractivity contribution in [3.05, 3.63) is 65.9 Å². The maximum absolute atomic E-state index is 14.2. The highest BCUT2D eigenvalue weighted by molar-refractivity contribution is 5.94. The standard InChI is InChI=1S/C28H30F2N6O3/c29-17-6-7-19(21(30)14-17)24-15-23(35-39-24)26(38)33-22-8-13-36(18-4-1-2-5-18)16-20(22)25(37)34-28(9-10-28)27-31-11-3-12-32-27/h3,6-7,11-12,14-15,18,20,22H,1-2,4-5,8-10,13,16H2,(H,33,38)(H,34,37)/t20-,22-/m0/s1. The fraction of sp³-hybridized carbons (Fsp3) is 0.464. The first-order chi connectivity index (χ1) is 18.9. The van der Waals surface area contributed by atoms with Gasteiger partial charge in [0.1, 0.15) is 11.6 Å². The van der Waals surface area contributed by atoms with Crippen molar-refractivity contribution < 1.29 is 22.9 Å². The van der Waals surface area contributed by atoms with Crippen LogP contribution in [0, 0.1) is 17.6 Å². The number of benzene rings is 1. The topological polar surface area (TPSA) is 113 Å². The third-order valence-electron chi connectivity index (χ3n) is 8.18. The summed E-state index contributed by atoms with van der Waals surface area (Å²) in [6, 6.07) is 6.17. The lowest BCUT2D eigenvalue weighted by atomic mass is 9.89.